The number of amides is 3. The third kappa shape index (κ3) is 7.84. The summed E-state index contributed by atoms with van der Waals surface area (Å²) in [5.74, 6) is -1.64. The van der Waals surface area contributed by atoms with Gasteiger partial charge in [-0.3, -0.25) is 14.4 Å². The van der Waals surface area contributed by atoms with Crippen LogP contribution >= 0.6 is 23.2 Å². The average Bonchev–Trinajstić information content (AvgIpc) is 2.85. The van der Waals surface area contributed by atoms with E-state index >= 15 is 0 Å². The van der Waals surface area contributed by atoms with Crippen molar-refractivity contribution in [2.24, 2.45) is 5.10 Å². The van der Waals surface area contributed by atoms with Crippen molar-refractivity contribution in [1.29, 1.82) is 0 Å². The van der Waals surface area contributed by atoms with Crippen LogP contribution in [0.5, 0.6) is 5.75 Å². The number of anilines is 2. The summed E-state index contributed by atoms with van der Waals surface area (Å²) in [5, 5.41) is 9.80. The Morgan fingerprint density at radius 2 is 1.66 bits per heavy atom. The van der Waals surface area contributed by atoms with E-state index in [9.17, 15) is 14.4 Å². The van der Waals surface area contributed by atoms with E-state index in [0.29, 0.717) is 32.7 Å². The predicted molar refractivity (Wildman–Crippen MR) is 137 cm³/mol. The summed E-state index contributed by atoms with van der Waals surface area (Å²) >= 11 is 11.9. The Balaban J connectivity index is 1.45. The zero-order valence-corrected chi connectivity index (χ0v) is 20.2. The molecule has 0 unspecified atom stereocenters. The number of ether oxygens (including phenoxy) is 1. The van der Waals surface area contributed by atoms with Gasteiger partial charge >= 0.3 is 11.8 Å². The summed E-state index contributed by atoms with van der Waals surface area (Å²) in [6.45, 7) is 1.73. The lowest BCUT2D eigenvalue weighted by Gasteiger charge is -2.09. The molecule has 0 atom stereocenters. The van der Waals surface area contributed by atoms with E-state index < -0.39 is 11.8 Å². The number of rotatable bonds is 8. The summed E-state index contributed by atoms with van der Waals surface area (Å²) < 4.78 is 5.46. The summed E-state index contributed by atoms with van der Waals surface area (Å²) in [6, 6.07) is 18.6. The standard InChI is InChI=1S/C25H22Cl2N4O4/c1-2-17-5-3-4-6-21(17)30-24(33)25(34)31-28-14-16-7-10-19(11-8-16)35-15-23(32)29-22-12-9-18(26)13-20(22)27/h3-14H,2,15H2,1H3,(H,29,32)(H,30,33)(H,31,34)/b28-14-. The molecule has 10 heteroatoms. The van der Waals surface area contributed by atoms with Crippen molar-refractivity contribution >= 4 is 58.5 Å². The molecule has 0 saturated carbocycles. The summed E-state index contributed by atoms with van der Waals surface area (Å²) in [7, 11) is 0. The zero-order chi connectivity index (χ0) is 25.2. The minimum Gasteiger partial charge on any atom is -0.484 e. The van der Waals surface area contributed by atoms with Gasteiger partial charge in [0.1, 0.15) is 5.75 Å². The number of nitrogens with zero attached hydrogens (tertiary/aromatic N) is 1. The van der Waals surface area contributed by atoms with Gasteiger partial charge in [-0.1, -0.05) is 48.3 Å². The molecule has 0 fully saturated rings. The van der Waals surface area contributed by atoms with Gasteiger partial charge in [0, 0.05) is 10.7 Å². The Bertz CT molecular complexity index is 1250. The molecule has 0 aliphatic rings. The topological polar surface area (TPSA) is 109 Å². The first-order valence-corrected chi connectivity index (χ1v) is 11.3. The van der Waals surface area contributed by atoms with Gasteiger partial charge in [0.25, 0.3) is 5.91 Å². The molecule has 3 amide bonds. The maximum atomic E-state index is 12.1. The lowest BCUT2D eigenvalue weighted by atomic mass is 10.1. The predicted octanol–water partition coefficient (Wildman–Crippen LogP) is 4.66. The highest BCUT2D eigenvalue weighted by Gasteiger charge is 2.14. The molecule has 3 aromatic rings. The van der Waals surface area contributed by atoms with E-state index in [1.54, 1.807) is 48.5 Å². The van der Waals surface area contributed by atoms with Crippen molar-refractivity contribution in [1.82, 2.24) is 5.43 Å². The van der Waals surface area contributed by atoms with Crippen LogP contribution in [0.2, 0.25) is 10.0 Å². The van der Waals surface area contributed by atoms with Crippen LogP contribution in [-0.4, -0.2) is 30.5 Å². The molecule has 0 saturated heterocycles. The van der Waals surface area contributed by atoms with Crippen molar-refractivity contribution < 1.29 is 19.1 Å². The SMILES string of the molecule is CCc1ccccc1NC(=O)C(=O)N/N=C\c1ccc(OCC(=O)Nc2ccc(Cl)cc2Cl)cc1. The first-order valence-electron chi connectivity index (χ1n) is 10.6. The number of aryl methyl sites for hydroxylation is 1. The molecule has 3 N–H and O–H groups in total. The second-order valence-corrected chi connectivity index (χ2v) is 8.04. The van der Waals surface area contributed by atoms with Crippen LogP contribution in [0.4, 0.5) is 11.4 Å². The van der Waals surface area contributed by atoms with Gasteiger partial charge in [-0.15, -0.1) is 0 Å². The summed E-state index contributed by atoms with van der Waals surface area (Å²) in [4.78, 5) is 36.2. The minimum atomic E-state index is -0.890. The van der Waals surface area contributed by atoms with Gasteiger partial charge in [0.05, 0.1) is 16.9 Å². The maximum absolute atomic E-state index is 12.1. The molecule has 3 rings (SSSR count). The highest BCUT2D eigenvalue weighted by Crippen LogP contribution is 2.25. The van der Waals surface area contributed by atoms with E-state index in [-0.39, 0.29) is 12.5 Å². The molecule has 0 aliphatic carbocycles. The van der Waals surface area contributed by atoms with Gasteiger partial charge in [0.15, 0.2) is 6.61 Å². The van der Waals surface area contributed by atoms with E-state index in [1.165, 1.54) is 12.3 Å². The van der Waals surface area contributed by atoms with Crippen LogP contribution in [0.15, 0.2) is 71.8 Å². The minimum absolute atomic E-state index is 0.223. The molecule has 0 spiro atoms. The second kappa shape index (κ2) is 12.5. The van der Waals surface area contributed by atoms with Gasteiger partial charge in [-0.2, -0.15) is 5.10 Å². The second-order valence-electron chi connectivity index (χ2n) is 7.19. The van der Waals surface area contributed by atoms with Gasteiger partial charge in [-0.05, 0) is 66.1 Å². The van der Waals surface area contributed by atoms with Crippen molar-refractivity contribution in [2.45, 2.75) is 13.3 Å². The van der Waals surface area contributed by atoms with E-state index in [2.05, 4.69) is 21.2 Å². The summed E-state index contributed by atoms with van der Waals surface area (Å²) in [5.41, 5.74) is 4.77. The number of carbonyl (C=O) groups excluding carboxylic acids is 3. The highest BCUT2D eigenvalue weighted by atomic mass is 35.5. The number of hydrazone groups is 1. The van der Waals surface area contributed by atoms with E-state index in [4.69, 9.17) is 27.9 Å². The number of halogens is 2. The lowest BCUT2D eigenvalue weighted by Crippen LogP contribution is -2.32. The molecule has 8 nitrogen and oxygen atoms in total. The number of benzene rings is 3. The Hall–Kier alpha value is -3.88. The monoisotopic (exact) mass is 512 g/mol. The van der Waals surface area contributed by atoms with Crippen molar-refractivity contribution in [3.8, 4) is 5.75 Å². The number of hydrogen-bond donors (Lipinski definition) is 3. The van der Waals surface area contributed by atoms with Crippen LogP contribution in [0.25, 0.3) is 0 Å². The molecule has 0 aliphatic heterocycles. The molecule has 180 valence electrons. The molecular weight excluding hydrogens is 491 g/mol. The fourth-order valence-corrected chi connectivity index (χ4v) is 3.38. The molecule has 0 heterocycles. The van der Waals surface area contributed by atoms with Crippen LogP contribution in [0.1, 0.15) is 18.1 Å². The molecule has 0 radical (unpaired) electrons. The first kappa shape index (κ1) is 25.7. The Kier molecular flexibility index (Phi) is 9.23. The van der Waals surface area contributed by atoms with Gasteiger partial charge < -0.3 is 15.4 Å². The normalized spacial score (nSPS) is 10.6. The van der Waals surface area contributed by atoms with Crippen molar-refractivity contribution in [3.63, 3.8) is 0 Å². The smallest absolute Gasteiger partial charge is 0.329 e. The average molecular weight is 513 g/mol. The molecule has 35 heavy (non-hydrogen) atoms. The molecule has 0 bridgehead atoms. The Labute approximate surface area is 212 Å². The van der Waals surface area contributed by atoms with Gasteiger partial charge in [0.2, 0.25) is 0 Å². The number of hydrogen-bond acceptors (Lipinski definition) is 5. The fourth-order valence-electron chi connectivity index (χ4n) is 2.92. The number of carbonyl (C=O) groups is 3. The highest BCUT2D eigenvalue weighted by molar-refractivity contribution is 6.39. The van der Waals surface area contributed by atoms with E-state index in [0.717, 1.165) is 12.0 Å². The third-order valence-electron chi connectivity index (χ3n) is 4.69. The molecular formula is C25H22Cl2N4O4. The van der Waals surface area contributed by atoms with Crippen molar-refractivity contribution in [3.05, 3.63) is 87.9 Å². The fraction of sp³-hybridized carbons (Fsp3) is 0.120. The number of nitrogens with one attached hydrogen (secondary N) is 3. The zero-order valence-electron chi connectivity index (χ0n) is 18.7. The van der Waals surface area contributed by atoms with Crippen LogP contribution in [-0.2, 0) is 20.8 Å². The first-order chi connectivity index (χ1) is 16.9. The van der Waals surface area contributed by atoms with E-state index in [1.807, 2.05) is 19.1 Å². The Morgan fingerprint density at radius 1 is 0.914 bits per heavy atom. The maximum Gasteiger partial charge on any atom is 0.329 e. The number of para-hydroxylation sites is 1. The largest absolute Gasteiger partial charge is 0.484 e. The lowest BCUT2D eigenvalue weighted by molar-refractivity contribution is -0.136. The quantitative estimate of drug-likeness (QED) is 0.231. The van der Waals surface area contributed by atoms with Crippen LogP contribution in [0.3, 0.4) is 0 Å². The third-order valence-corrected chi connectivity index (χ3v) is 5.24. The van der Waals surface area contributed by atoms with Crippen molar-refractivity contribution in [2.75, 3.05) is 17.2 Å². The van der Waals surface area contributed by atoms with Crippen LogP contribution in [0, 0.1) is 0 Å². The summed E-state index contributed by atoms with van der Waals surface area (Å²) in [6.07, 6.45) is 2.10. The molecule has 3 aromatic carbocycles. The molecule has 0 aromatic heterocycles. The Morgan fingerprint density at radius 3 is 2.37 bits per heavy atom. The van der Waals surface area contributed by atoms with Gasteiger partial charge in [-0.25, -0.2) is 5.43 Å². The van der Waals surface area contributed by atoms with Crippen LogP contribution < -0.4 is 20.8 Å².